The molecule has 1 heterocycles. The van der Waals surface area contributed by atoms with Crippen LogP contribution in [0.15, 0.2) is 30.6 Å². The fourth-order valence-corrected chi connectivity index (χ4v) is 1.12. The Morgan fingerprint density at radius 1 is 0.938 bits per heavy atom. The Hall–Kier alpha value is -2.11. The van der Waals surface area contributed by atoms with Crippen molar-refractivity contribution in [2.45, 2.75) is 0 Å². The minimum absolute atomic E-state index is 0.165. The van der Waals surface area contributed by atoms with Crippen molar-refractivity contribution in [3.63, 3.8) is 0 Å². The van der Waals surface area contributed by atoms with E-state index in [0.29, 0.717) is 0 Å². The van der Waals surface area contributed by atoms with E-state index >= 15 is 0 Å². The molecular formula is C10H6F3N3. The number of anilines is 2. The van der Waals surface area contributed by atoms with Crippen molar-refractivity contribution >= 4 is 11.5 Å². The minimum Gasteiger partial charge on any atom is -0.340 e. The first-order chi connectivity index (χ1) is 7.65. The van der Waals surface area contributed by atoms with Crippen molar-refractivity contribution in [2.75, 3.05) is 5.32 Å². The van der Waals surface area contributed by atoms with Gasteiger partial charge in [0.1, 0.15) is 12.1 Å². The quantitative estimate of drug-likeness (QED) is 0.798. The lowest BCUT2D eigenvalue weighted by molar-refractivity contribution is 0.509. The van der Waals surface area contributed by atoms with Crippen LogP contribution in [0.5, 0.6) is 0 Å². The fourth-order valence-electron chi connectivity index (χ4n) is 1.12. The Bertz CT molecular complexity index is 516. The zero-order valence-corrected chi connectivity index (χ0v) is 7.92. The molecule has 0 aliphatic carbocycles. The number of hydrogen-bond donors (Lipinski definition) is 1. The largest absolute Gasteiger partial charge is 0.340 e. The molecule has 1 aromatic heterocycles. The topological polar surface area (TPSA) is 37.8 Å². The summed E-state index contributed by atoms with van der Waals surface area (Å²) in [5, 5.41) is 2.62. The highest BCUT2D eigenvalue weighted by Gasteiger charge is 2.03. The summed E-state index contributed by atoms with van der Waals surface area (Å²) in [6.45, 7) is 0. The summed E-state index contributed by atoms with van der Waals surface area (Å²) in [7, 11) is 0. The maximum atomic E-state index is 12.8. The van der Waals surface area contributed by atoms with Crippen LogP contribution in [0.25, 0.3) is 0 Å². The lowest BCUT2D eigenvalue weighted by atomic mass is 10.3. The van der Waals surface area contributed by atoms with E-state index in [1.54, 1.807) is 0 Å². The SMILES string of the molecule is Fc1cc(Nc2ccc(F)c(F)c2)ncn1. The summed E-state index contributed by atoms with van der Waals surface area (Å²) in [6, 6.07) is 4.28. The normalized spacial score (nSPS) is 10.2. The maximum Gasteiger partial charge on any atom is 0.218 e. The van der Waals surface area contributed by atoms with Gasteiger partial charge in [-0.25, -0.2) is 18.7 Å². The molecule has 82 valence electrons. The first-order valence-electron chi connectivity index (χ1n) is 4.35. The molecule has 1 aromatic carbocycles. The van der Waals surface area contributed by atoms with Gasteiger partial charge >= 0.3 is 0 Å². The standard InChI is InChI=1S/C10H6F3N3/c11-7-2-1-6(3-8(7)12)16-10-4-9(13)14-5-15-10/h1-5H,(H,14,15,16). The van der Waals surface area contributed by atoms with E-state index in [2.05, 4.69) is 15.3 Å². The second-order valence-electron chi connectivity index (χ2n) is 2.98. The lowest BCUT2D eigenvalue weighted by Crippen LogP contribution is -1.96. The first-order valence-corrected chi connectivity index (χ1v) is 4.35. The molecule has 0 bridgehead atoms. The Morgan fingerprint density at radius 3 is 2.44 bits per heavy atom. The molecule has 0 radical (unpaired) electrons. The molecule has 0 unspecified atom stereocenters. The second kappa shape index (κ2) is 4.18. The number of nitrogens with zero attached hydrogens (tertiary/aromatic N) is 2. The van der Waals surface area contributed by atoms with Gasteiger partial charge in [-0.05, 0) is 12.1 Å². The van der Waals surface area contributed by atoms with Crippen molar-refractivity contribution in [3.05, 3.63) is 48.2 Å². The Kier molecular flexibility index (Phi) is 2.72. The molecule has 0 fully saturated rings. The first kappa shape index (κ1) is 10.4. The van der Waals surface area contributed by atoms with Crippen molar-refractivity contribution in [1.82, 2.24) is 9.97 Å². The van der Waals surface area contributed by atoms with Gasteiger partial charge in [-0.2, -0.15) is 4.39 Å². The highest BCUT2D eigenvalue weighted by atomic mass is 19.2. The molecule has 0 aliphatic heterocycles. The van der Waals surface area contributed by atoms with Gasteiger partial charge in [0.25, 0.3) is 0 Å². The fraction of sp³-hybridized carbons (Fsp3) is 0. The van der Waals surface area contributed by atoms with Gasteiger partial charge < -0.3 is 5.32 Å². The number of benzene rings is 1. The summed E-state index contributed by atoms with van der Waals surface area (Å²) in [5.74, 6) is -2.47. The predicted molar refractivity (Wildman–Crippen MR) is 51.6 cm³/mol. The molecule has 1 N–H and O–H groups in total. The molecule has 0 saturated heterocycles. The third kappa shape index (κ3) is 2.28. The molecule has 3 nitrogen and oxygen atoms in total. The molecule has 0 amide bonds. The third-order valence-corrected chi connectivity index (χ3v) is 1.83. The smallest absolute Gasteiger partial charge is 0.218 e. The average Bonchev–Trinajstić information content (AvgIpc) is 2.24. The average molecular weight is 225 g/mol. The second-order valence-corrected chi connectivity index (χ2v) is 2.98. The predicted octanol–water partition coefficient (Wildman–Crippen LogP) is 2.64. The highest BCUT2D eigenvalue weighted by molar-refractivity contribution is 5.55. The van der Waals surface area contributed by atoms with E-state index in [-0.39, 0.29) is 11.5 Å². The van der Waals surface area contributed by atoms with Crippen LogP contribution >= 0.6 is 0 Å². The van der Waals surface area contributed by atoms with E-state index in [9.17, 15) is 13.2 Å². The summed E-state index contributed by atoms with van der Waals surface area (Å²) in [4.78, 5) is 6.97. The van der Waals surface area contributed by atoms with Crippen molar-refractivity contribution in [2.24, 2.45) is 0 Å². The summed E-state index contributed by atoms with van der Waals surface area (Å²) >= 11 is 0. The number of nitrogens with one attached hydrogen (secondary N) is 1. The van der Waals surface area contributed by atoms with Gasteiger partial charge in [0.15, 0.2) is 11.6 Å². The molecule has 2 aromatic rings. The number of hydrogen-bond acceptors (Lipinski definition) is 3. The number of rotatable bonds is 2. The van der Waals surface area contributed by atoms with E-state index in [1.165, 1.54) is 6.07 Å². The molecule has 0 aliphatic rings. The van der Waals surface area contributed by atoms with Crippen LogP contribution in [0.1, 0.15) is 0 Å². The van der Waals surface area contributed by atoms with E-state index < -0.39 is 17.6 Å². The Labute approximate surface area is 89.0 Å². The van der Waals surface area contributed by atoms with E-state index in [1.807, 2.05) is 0 Å². The van der Waals surface area contributed by atoms with Crippen molar-refractivity contribution < 1.29 is 13.2 Å². The summed E-state index contributed by atoms with van der Waals surface area (Å²) in [5.41, 5.74) is 0.275. The van der Waals surface area contributed by atoms with Crippen molar-refractivity contribution in [3.8, 4) is 0 Å². The van der Waals surface area contributed by atoms with Crippen LogP contribution in [0.3, 0.4) is 0 Å². The Morgan fingerprint density at radius 2 is 1.75 bits per heavy atom. The van der Waals surface area contributed by atoms with Crippen molar-refractivity contribution in [1.29, 1.82) is 0 Å². The van der Waals surface area contributed by atoms with Gasteiger partial charge in [-0.3, -0.25) is 0 Å². The van der Waals surface area contributed by atoms with Gasteiger partial charge in [-0.1, -0.05) is 0 Å². The molecule has 6 heteroatoms. The van der Waals surface area contributed by atoms with Crippen LogP contribution in [-0.4, -0.2) is 9.97 Å². The zero-order chi connectivity index (χ0) is 11.5. The van der Waals surface area contributed by atoms with Gasteiger partial charge in [0.05, 0.1) is 0 Å². The van der Waals surface area contributed by atoms with Gasteiger partial charge in [0, 0.05) is 17.8 Å². The summed E-state index contributed by atoms with van der Waals surface area (Å²) < 4.78 is 38.1. The minimum atomic E-state index is -0.987. The molecule has 0 atom stereocenters. The molecule has 0 spiro atoms. The maximum absolute atomic E-state index is 12.8. The summed E-state index contributed by atoms with van der Waals surface area (Å²) in [6.07, 6.45) is 1.03. The van der Waals surface area contributed by atoms with E-state index in [4.69, 9.17) is 0 Å². The number of halogens is 3. The van der Waals surface area contributed by atoms with Gasteiger partial charge in [-0.15, -0.1) is 0 Å². The van der Waals surface area contributed by atoms with Crippen LogP contribution in [0, 0.1) is 17.6 Å². The van der Waals surface area contributed by atoms with E-state index in [0.717, 1.165) is 24.5 Å². The molecule has 0 saturated carbocycles. The van der Waals surface area contributed by atoms with Crippen LogP contribution in [0.4, 0.5) is 24.7 Å². The molecule has 16 heavy (non-hydrogen) atoms. The Balaban J connectivity index is 2.24. The monoisotopic (exact) mass is 225 g/mol. The molecule has 2 rings (SSSR count). The highest BCUT2D eigenvalue weighted by Crippen LogP contribution is 2.17. The van der Waals surface area contributed by atoms with Gasteiger partial charge in [0.2, 0.25) is 5.95 Å². The zero-order valence-electron chi connectivity index (χ0n) is 7.92. The molecular weight excluding hydrogens is 219 g/mol. The number of aromatic nitrogens is 2. The lowest BCUT2D eigenvalue weighted by Gasteiger charge is -2.05. The van der Waals surface area contributed by atoms with Crippen LogP contribution in [0.2, 0.25) is 0 Å². The van der Waals surface area contributed by atoms with Crippen LogP contribution < -0.4 is 5.32 Å². The third-order valence-electron chi connectivity index (χ3n) is 1.83. The van der Waals surface area contributed by atoms with Crippen LogP contribution in [-0.2, 0) is 0 Å².